The van der Waals surface area contributed by atoms with E-state index in [9.17, 15) is 19.5 Å². The number of hydrogen-bond acceptors (Lipinski definition) is 7. The first-order valence-corrected chi connectivity index (χ1v) is 11.1. The van der Waals surface area contributed by atoms with Crippen molar-refractivity contribution < 1.29 is 34.3 Å². The number of carbonyl (C=O) groups is 3. The van der Waals surface area contributed by atoms with E-state index >= 15 is 0 Å². The third-order valence-electron chi connectivity index (χ3n) is 5.82. The standard InChI is InChI=1S/C21H40BN3O7/c1-19(2,3)15(25-18(29)32-20(4,5)6)16(26)24-12-14-8-7-13(9-10-22(30)31)11-21(14,23)17(27)28/h13-15,30-31H,7-12,23H2,1-6H3,(H,24,26)(H,25,29)(H,27,28)/t13-,14-,15+,21+/m0/s1. The van der Waals surface area contributed by atoms with Crippen molar-refractivity contribution in [2.24, 2.45) is 23.0 Å². The Hall–Kier alpha value is -1.85. The number of hydrogen-bond donors (Lipinski definition) is 6. The summed E-state index contributed by atoms with van der Waals surface area (Å²) >= 11 is 0. The van der Waals surface area contributed by atoms with E-state index in [2.05, 4.69) is 10.6 Å². The Morgan fingerprint density at radius 1 is 1.16 bits per heavy atom. The van der Waals surface area contributed by atoms with Gasteiger partial charge < -0.3 is 36.3 Å². The summed E-state index contributed by atoms with van der Waals surface area (Å²) in [5, 5.41) is 33.3. The SMILES string of the molecule is CC(C)(C)OC(=O)N[C@H](C(=O)NC[C@@H]1CC[C@@H](CCB(O)O)C[C@]1(N)C(=O)O)C(C)(C)C. The molecule has 11 heteroatoms. The lowest BCUT2D eigenvalue weighted by molar-refractivity contribution is -0.148. The number of carbonyl (C=O) groups excluding carboxylic acids is 2. The zero-order valence-electron chi connectivity index (χ0n) is 20.1. The summed E-state index contributed by atoms with van der Waals surface area (Å²) in [6, 6.07) is -0.892. The van der Waals surface area contributed by atoms with Crippen molar-refractivity contribution >= 4 is 25.1 Å². The minimum Gasteiger partial charge on any atom is -0.480 e. The Balaban J connectivity index is 2.83. The summed E-state index contributed by atoms with van der Waals surface area (Å²) in [5.41, 5.74) is 3.41. The monoisotopic (exact) mass is 457 g/mol. The van der Waals surface area contributed by atoms with Gasteiger partial charge >= 0.3 is 19.2 Å². The van der Waals surface area contributed by atoms with Crippen molar-refractivity contribution in [1.82, 2.24) is 10.6 Å². The molecule has 0 aliphatic heterocycles. The number of nitrogens with one attached hydrogen (secondary N) is 2. The molecule has 0 unspecified atom stereocenters. The first-order valence-electron chi connectivity index (χ1n) is 11.1. The number of nitrogens with two attached hydrogens (primary N) is 1. The van der Waals surface area contributed by atoms with Crippen molar-refractivity contribution in [2.45, 2.75) is 90.7 Å². The topological polar surface area (TPSA) is 171 Å². The van der Waals surface area contributed by atoms with Crippen LogP contribution in [0.15, 0.2) is 0 Å². The van der Waals surface area contributed by atoms with E-state index < -0.39 is 53.6 Å². The van der Waals surface area contributed by atoms with E-state index in [-0.39, 0.29) is 25.2 Å². The molecule has 0 aromatic carbocycles. The molecule has 1 aliphatic carbocycles. The lowest BCUT2D eigenvalue weighted by atomic mass is 9.66. The molecular weight excluding hydrogens is 417 g/mol. The van der Waals surface area contributed by atoms with E-state index in [4.69, 9.17) is 20.5 Å². The Kier molecular flexibility index (Phi) is 9.56. The predicted molar refractivity (Wildman–Crippen MR) is 121 cm³/mol. The van der Waals surface area contributed by atoms with Crippen molar-refractivity contribution in [3.05, 3.63) is 0 Å². The second kappa shape index (κ2) is 10.8. The van der Waals surface area contributed by atoms with Crippen LogP contribution in [0.3, 0.4) is 0 Å². The van der Waals surface area contributed by atoms with Gasteiger partial charge in [0, 0.05) is 12.5 Å². The number of alkyl carbamates (subject to hydrolysis) is 1. The molecule has 1 aliphatic rings. The summed E-state index contributed by atoms with van der Waals surface area (Å²) in [6.45, 7) is 10.6. The number of amides is 2. The Bertz CT molecular complexity index is 675. The average Bonchev–Trinajstić information content (AvgIpc) is 2.60. The normalized spacial score (nSPS) is 24.9. The van der Waals surface area contributed by atoms with Crippen molar-refractivity contribution in [1.29, 1.82) is 0 Å². The van der Waals surface area contributed by atoms with E-state index in [1.54, 1.807) is 41.5 Å². The number of ether oxygens (including phenoxy) is 1. The van der Waals surface area contributed by atoms with Crippen LogP contribution in [0.25, 0.3) is 0 Å². The van der Waals surface area contributed by atoms with Gasteiger partial charge in [-0.2, -0.15) is 0 Å². The highest BCUT2D eigenvalue weighted by atomic mass is 16.6. The van der Waals surface area contributed by atoms with Gasteiger partial charge in [0.2, 0.25) is 5.91 Å². The first kappa shape index (κ1) is 28.2. The lowest BCUT2D eigenvalue weighted by Crippen LogP contribution is -2.61. The third kappa shape index (κ3) is 8.59. The number of carboxylic acids is 1. The van der Waals surface area contributed by atoms with Crippen LogP contribution in [-0.2, 0) is 14.3 Å². The molecule has 0 bridgehead atoms. The molecule has 0 radical (unpaired) electrons. The smallest absolute Gasteiger partial charge is 0.451 e. The van der Waals surface area contributed by atoms with Gasteiger partial charge in [0.05, 0.1) is 0 Å². The van der Waals surface area contributed by atoms with E-state index in [0.29, 0.717) is 19.3 Å². The molecule has 0 heterocycles. The maximum absolute atomic E-state index is 12.9. The van der Waals surface area contributed by atoms with Gasteiger partial charge in [0.1, 0.15) is 17.2 Å². The van der Waals surface area contributed by atoms with Crippen LogP contribution >= 0.6 is 0 Å². The Morgan fingerprint density at radius 2 is 1.75 bits per heavy atom. The number of carboxylic acid groups (broad SMARTS) is 1. The Labute approximate surface area is 190 Å². The van der Waals surface area contributed by atoms with Crippen LogP contribution in [0.2, 0.25) is 6.32 Å². The third-order valence-corrected chi connectivity index (χ3v) is 5.82. The summed E-state index contributed by atoms with van der Waals surface area (Å²) in [4.78, 5) is 37.1. The minimum atomic E-state index is -1.54. The summed E-state index contributed by atoms with van der Waals surface area (Å²) in [7, 11) is -1.43. The molecule has 0 aromatic rings. The van der Waals surface area contributed by atoms with Crippen molar-refractivity contribution in [3.63, 3.8) is 0 Å². The summed E-state index contributed by atoms with van der Waals surface area (Å²) in [6.07, 6.45) is 1.26. The molecule has 1 rings (SSSR count). The highest BCUT2D eigenvalue weighted by Gasteiger charge is 2.47. The van der Waals surface area contributed by atoms with Gasteiger partial charge in [-0.05, 0) is 57.7 Å². The average molecular weight is 457 g/mol. The highest BCUT2D eigenvalue weighted by Crippen LogP contribution is 2.38. The number of aliphatic carboxylic acids is 1. The molecule has 2 amide bonds. The van der Waals surface area contributed by atoms with E-state index in [1.807, 2.05) is 0 Å². The van der Waals surface area contributed by atoms with Crippen LogP contribution < -0.4 is 16.4 Å². The van der Waals surface area contributed by atoms with Crippen LogP contribution in [0.5, 0.6) is 0 Å². The molecule has 0 saturated heterocycles. The molecule has 7 N–H and O–H groups in total. The van der Waals surface area contributed by atoms with E-state index in [1.165, 1.54) is 0 Å². The molecule has 0 spiro atoms. The summed E-state index contributed by atoms with van der Waals surface area (Å²) in [5.74, 6) is -2.13. The molecule has 1 saturated carbocycles. The maximum atomic E-state index is 12.9. The number of rotatable bonds is 8. The van der Waals surface area contributed by atoms with Crippen LogP contribution in [0.4, 0.5) is 4.79 Å². The molecule has 32 heavy (non-hydrogen) atoms. The quantitative estimate of drug-likeness (QED) is 0.294. The second-order valence-electron chi connectivity index (χ2n) is 10.9. The molecule has 184 valence electrons. The van der Waals surface area contributed by atoms with Crippen molar-refractivity contribution in [3.8, 4) is 0 Å². The zero-order valence-corrected chi connectivity index (χ0v) is 20.1. The fraction of sp³-hybridized carbons (Fsp3) is 0.857. The molecule has 10 nitrogen and oxygen atoms in total. The molecule has 1 fully saturated rings. The first-order chi connectivity index (χ1) is 14.5. The second-order valence-corrected chi connectivity index (χ2v) is 10.9. The largest absolute Gasteiger partial charge is 0.480 e. The van der Waals surface area contributed by atoms with E-state index in [0.717, 1.165) is 0 Å². The van der Waals surface area contributed by atoms with Crippen LogP contribution in [0.1, 0.15) is 67.2 Å². The van der Waals surface area contributed by atoms with Gasteiger partial charge in [-0.25, -0.2) is 4.79 Å². The highest BCUT2D eigenvalue weighted by molar-refractivity contribution is 6.40. The Morgan fingerprint density at radius 3 is 2.22 bits per heavy atom. The van der Waals surface area contributed by atoms with Crippen molar-refractivity contribution in [2.75, 3.05) is 6.54 Å². The molecule has 4 atom stereocenters. The minimum absolute atomic E-state index is 0.0407. The van der Waals surface area contributed by atoms with Gasteiger partial charge in [-0.15, -0.1) is 0 Å². The predicted octanol–water partition coefficient (Wildman–Crippen LogP) is 1.10. The maximum Gasteiger partial charge on any atom is 0.451 e. The lowest BCUT2D eigenvalue weighted by Gasteiger charge is -2.42. The van der Waals surface area contributed by atoms with Gasteiger partial charge in [0.15, 0.2) is 0 Å². The van der Waals surface area contributed by atoms with Crippen LogP contribution in [-0.4, -0.2) is 64.0 Å². The fourth-order valence-electron chi connectivity index (χ4n) is 4.04. The van der Waals surface area contributed by atoms with Gasteiger partial charge in [-0.3, -0.25) is 9.59 Å². The molecular formula is C21H40BN3O7. The summed E-state index contributed by atoms with van der Waals surface area (Å²) < 4.78 is 5.26. The molecule has 0 aromatic heterocycles. The fourth-order valence-corrected chi connectivity index (χ4v) is 4.04. The zero-order chi connectivity index (χ0) is 24.9. The van der Waals surface area contributed by atoms with Crippen LogP contribution in [0, 0.1) is 17.3 Å². The van der Waals surface area contributed by atoms with Gasteiger partial charge in [-0.1, -0.05) is 27.2 Å². The van der Waals surface area contributed by atoms with Gasteiger partial charge in [0.25, 0.3) is 0 Å².